The highest BCUT2D eigenvalue weighted by molar-refractivity contribution is 7.99. The zero-order valence-electron chi connectivity index (χ0n) is 12.3. The van der Waals surface area contributed by atoms with Gasteiger partial charge in [0.05, 0.1) is 6.04 Å². The van der Waals surface area contributed by atoms with Crippen LogP contribution < -0.4 is 5.32 Å². The molecule has 1 amide bonds. The minimum Gasteiger partial charge on any atom is -0.317 e. The Morgan fingerprint density at radius 2 is 2.20 bits per heavy atom. The lowest BCUT2D eigenvalue weighted by Crippen LogP contribution is -2.43. The molecule has 4 unspecified atom stereocenters. The van der Waals surface area contributed by atoms with Crippen LogP contribution in [-0.2, 0) is 4.79 Å². The Balaban J connectivity index is 1.90. The van der Waals surface area contributed by atoms with Crippen molar-refractivity contribution in [2.75, 3.05) is 6.26 Å². The van der Waals surface area contributed by atoms with Crippen molar-refractivity contribution < 1.29 is 4.79 Å². The fraction of sp³-hybridized carbons (Fsp3) is 0.667. The molecule has 1 aromatic rings. The molecule has 2 heterocycles. The van der Waals surface area contributed by atoms with E-state index in [1.54, 1.807) is 11.3 Å². The van der Waals surface area contributed by atoms with Crippen LogP contribution in [0.2, 0.25) is 0 Å². The molecule has 3 rings (SSSR count). The molecular weight excluding hydrogens is 288 g/mol. The molecule has 3 nitrogen and oxygen atoms in total. The van der Waals surface area contributed by atoms with Crippen LogP contribution >= 0.6 is 23.1 Å². The molecule has 110 valence electrons. The molecular formula is C15H22N2OS2. The van der Waals surface area contributed by atoms with Crippen LogP contribution in [0.15, 0.2) is 12.1 Å². The van der Waals surface area contributed by atoms with Crippen molar-refractivity contribution in [2.45, 2.75) is 56.6 Å². The smallest absolute Gasteiger partial charge is 0.241 e. The number of thioether (sulfide) groups is 1. The predicted octanol–water partition coefficient (Wildman–Crippen LogP) is 3.16. The Hall–Kier alpha value is -0.520. The van der Waals surface area contributed by atoms with Crippen LogP contribution in [0, 0.1) is 6.92 Å². The Bertz CT molecular complexity index is 502. The summed E-state index contributed by atoms with van der Waals surface area (Å²) in [5.74, 6) is 0.270. The minimum atomic E-state index is -0.0643. The zero-order valence-corrected chi connectivity index (χ0v) is 13.9. The van der Waals surface area contributed by atoms with Crippen LogP contribution in [0.5, 0.6) is 0 Å². The number of carbonyl (C=O) groups is 1. The number of hydrogen-bond acceptors (Lipinski definition) is 4. The van der Waals surface area contributed by atoms with Crippen LogP contribution in [0.4, 0.5) is 0 Å². The molecule has 1 N–H and O–H groups in total. The van der Waals surface area contributed by atoms with Crippen LogP contribution in [0.25, 0.3) is 0 Å². The highest BCUT2D eigenvalue weighted by atomic mass is 32.2. The number of nitrogens with one attached hydrogen (secondary N) is 1. The Morgan fingerprint density at radius 1 is 1.40 bits per heavy atom. The van der Waals surface area contributed by atoms with Crippen molar-refractivity contribution in [1.82, 2.24) is 10.2 Å². The minimum absolute atomic E-state index is 0.0643. The molecule has 1 saturated carbocycles. The van der Waals surface area contributed by atoms with Gasteiger partial charge in [-0.05, 0) is 45.1 Å². The summed E-state index contributed by atoms with van der Waals surface area (Å²) in [5.41, 5.74) is 0. The Kier molecular flexibility index (Phi) is 4.11. The van der Waals surface area contributed by atoms with Gasteiger partial charge in [-0.2, -0.15) is 11.8 Å². The molecule has 2 fully saturated rings. The summed E-state index contributed by atoms with van der Waals surface area (Å²) in [6.45, 7) is 4.11. The standard InChI is InChI=1S/C15H22N2OS2/c1-9-7-8-13(20-9)14-16-10(2)15(18)17(14)11-5-4-6-12(11)19-3/h7-8,10-12,14,16H,4-6H2,1-3H3. The van der Waals surface area contributed by atoms with Gasteiger partial charge in [0.2, 0.25) is 5.91 Å². The first-order valence-corrected chi connectivity index (χ1v) is 9.39. The molecule has 4 atom stereocenters. The van der Waals surface area contributed by atoms with Gasteiger partial charge < -0.3 is 4.90 Å². The second-order valence-electron chi connectivity index (χ2n) is 5.76. The molecule has 1 aliphatic heterocycles. The van der Waals surface area contributed by atoms with Crippen molar-refractivity contribution in [1.29, 1.82) is 0 Å². The largest absolute Gasteiger partial charge is 0.317 e. The van der Waals surface area contributed by atoms with Crippen LogP contribution in [0.3, 0.4) is 0 Å². The second-order valence-corrected chi connectivity index (χ2v) is 8.15. The topological polar surface area (TPSA) is 32.3 Å². The maximum atomic E-state index is 12.6. The molecule has 0 aromatic carbocycles. The van der Waals surface area contributed by atoms with Crippen molar-refractivity contribution in [3.63, 3.8) is 0 Å². The second kappa shape index (κ2) is 5.70. The summed E-state index contributed by atoms with van der Waals surface area (Å²) >= 11 is 3.71. The van der Waals surface area contributed by atoms with Crippen molar-refractivity contribution in [2.24, 2.45) is 0 Å². The Morgan fingerprint density at radius 3 is 2.85 bits per heavy atom. The van der Waals surface area contributed by atoms with E-state index in [0.29, 0.717) is 11.3 Å². The molecule has 0 radical (unpaired) electrons. The Labute approximate surface area is 129 Å². The summed E-state index contributed by atoms with van der Waals surface area (Å²) in [6.07, 6.45) is 5.87. The first kappa shape index (κ1) is 14.4. The number of rotatable bonds is 3. The van der Waals surface area contributed by atoms with E-state index in [1.165, 1.54) is 22.6 Å². The van der Waals surface area contributed by atoms with Crippen LogP contribution in [-0.4, -0.2) is 34.4 Å². The van der Waals surface area contributed by atoms with Gasteiger partial charge in [-0.1, -0.05) is 6.42 Å². The van der Waals surface area contributed by atoms with E-state index < -0.39 is 0 Å². The fourth-order valence-corrected chi connectivity index (χ4v) is 5.33. The quantitative estimate of drug-likeness (QED) is 0.931. The SMILES string of the molecule is CSC1CCCC1N1C(=O)C(C)NC1c1ccc(C)s1. The van der Waals surface area contributed by atoms with Gasteiger partial charge in [-0.25, -0.2) is 0 Å². The number of carbonyl (C=O) groups excluding carboxylic acids is 1. The van der Waals surface area contributed by atoms with E-state index in [2.05, 4.69) is 35.5 Å². The average Bonchev–Trinajstić information content (AvgIpc) is 3.11. The molecule has 1 aromatic heterocycles. The monoisotopic (exact) mass is 310 g/mol. The van der Waals surface area contributed by atoms with E-state index in [4.69, 9.17) is 0 Å². The van der Waals surface area contributed by atoms with E-state index in [0.717, 1.165) is 6.42 Å². The first-order valence-electron chi connectivity index (χ1n) is 7.29. The molecule has 1 saturated heterocycles. The fourth-order valence-electron chi connectivity index (χ4n) is 3.41. The molecule has 1 aliphatic carbocycles. The van der Waals surface area contributed by atoms with Gasteiger partial charge in [0, 0.05) is 21.0 Å². The van der Waals surface area contributed by atoms with E-state index >= 15 is 0 Å². The maximum absolute atomic E-state index is 12.6. The number of aryl methyl sites for hydroxylation is 1. The van der Waals surface area contributed by atoms with Gasteiger partial charge in [0.25, 0.3) is 0 Å². The van der Waals surface area contributed by atoms with Crippen molar-refractivity contribution >= 4 is 29.0 Å². The summed E-state index contributed by atoms with van der Waals surface area (Å²) in [6, 6.07) is 4.64. The third kappa shape index (κ3) is 2.40. The third-order valence-electron chi connectivity index (χ3n) is 4.42. The summed E-state index contributed by atoms with van der Waals surface area (Å²) in [7, 11) is 0. The molecule has 0 spiro atoms. The highest BCUT2D eigenvalue weighted by Gasteiger charge is 2.45. The van der Waals surface area contributed by atoms with Crippen molar-refractivity contribution in [3.05, 3.63) is 21.9 Å². The predicted molar refractivity (Wildman–Crippen MR) is 86.2 cm³/mol. The number of nitrogens with zero attached hydrogens (tertiary/aromatic N) is 1. The molecule has 2 aliphatic rings. The van der Waals surface area contributed by atoms with Gasteiger partial charge in [-0.15, -0.1) is 11.3 Å². The highest BCUT2D eigenvalue weighted by Crippen LogP contribution is 2.39. The molecule has 5 heteroatoms. The lowest BCUT2D eigenvalue weighted by Gasteiger charge is -2.33. The maximum Gasteiger partial charge on any atom is 0.241 e. The van der Waals surface area contributed by atoms with Gasteiger partial charge in [0.15, 0.2) is 0 Å². The van der Waals surface area contributed by atoms with Gasteiger partial charge in [-0.3, -0.25) is 10.1 Å². The van der Waals surface area contributed by atoms with E-state index in [9.17, 15) is 4.79 Å². The lowest BCUT2D eigenvalue weighted by atomic mass is 10.2. The first-order chi connectivity index (χ1) is 9.61. The summed E-state index contributed by atoms with van der Waals surface area (Å²) in [4.78, 5) is 17.3. The lowest BCUT2D eigenvalue weighted by molar-refractivity contribution is -0.131. The average molecular weight is 310 g/mol. The number of amides is 1. The molecule has 0 bridgehead atoms. The van der Waals surface area contributed by atoms with Crippen LogP contribution in [0.1, 0.15) is 42.1 Å². The normalized spacial score (nSPS) is 34.1. The summed E-state index contributed by atoms with van der Waals surface area (Å²) in [5, 5.41) is 4.07. The van der Waals surface area contributed by atoms with Gasteiger partial charge >= 0.3 is 0 Å². The van der Waals surface area contributed by atoms with E-state index in [1.807, 2.05) is 18.7 Å². The zero-order chi connectivity index (χ0) is 14.3. The van der Waals surface area contributed by atoms with E-state index in [-0.39, 0.29) is 18.1 Å². The number of hydrogen-bond donors (Lipinski definition) is 1. The molecule has 20 heavy (non-hydrogen) atoms. The third-order valence-corrected chi connectivity index (χ3v) is 6.63. The van der Waals surface area contributed by atoms with Gasteiger partial charge in [0.1, 0.15) is 6.17 Å². The number of thiophene rings is 1. The van der Waals surface area contributed by atoms with Crippen molar-refractivity contribution in [3.8, 4) is 0 Å². The summed E-state index contributed by atoms with van der Waals surface area (Å²) < 4.78 is 0.